The first-order valence-corrected chi connectivity index (χ1v) is 5.81. The zero-order chi connectivity index (χ0) is 12.6. The summed E-state index contributed by atoms with van der Waals surface area (Å²) >= 11 is 0. The van der Waals surface area contributed by atoms with Crippen molar-refractivity contribution >= 4 is 5.97 Å². The maximum Gasteiger partial charge on any atom is 0.325 e. The molecule has 0 saturated carbocycles. The third-order valence-electron chi connectivity index (χ3n) is 2.60. The Hall–Kier alpha value is -0.610. The molecule has 96 valence electrons. The van der Waals surface area contributed by atoms with Gasteiger partial charge in [0.05, 0.1) is 7.11 Å². The fourth-order valence-electron chi connectivity index (χ4n) is 1.40. The largest absolute Gasteiger partial charge is 0.468 e. The summed E-state index contributed by atoms with van der Waals surface area (Å²) < 4.78 is 10.2. The average Bonchev–Trinajstić information content (AvgIpc) is 2.26. The number of ether oxygens (including phenoxy) is 2. The number of rotatable bonds is 8. The lowest BCUT2D eigenvalue weighted by Gasteiger charge is -2.25. The van der Waals surface area contributed by atoms with Gasteiger partial charge in [0.25, 0.3) is 0 Å². The summed E-state index contributed by atoms with van der Waals surface area (Å²) in [5, 5.41) is 3.00. The van der Waals surface area contributed by atoms with Crippen LogP contribution in [-0.4, -0.2) is 38.9 Å². The first-order chi connectivity index (χ1) is 7.46. The predicted molar refractivity (Wildman–Crippen MR) is 64.4 cm³/mol. The SMILES string of the molecule is CNC(C)(CCCOCC(C)C)C(=O)OC. The predicted octanol–water partition coefficient (Wildman–Crippen LogP) is 1.59. The monoisotopic (exact) mass is 231 g/mol. The van der Waals surface area contributed by atoms with Gasteiger partial charge in [-0.15, -0.1) is 0 Å². The standard InChI is InChI=1S/C12H25NO3/c1-10(2)9-16-8-6-7-12(3,13-4)11(14)15-5/h10,13H,6-9H2,1-5H3. The normalized spacial score (nSPS) is 14.9. The number of carbonyl (C=O) groups is 1. The van der Waals surface area contributed by atoms with Gasteiger partial charge < -0.3 is 14.8 Å². The minimum atomic E-state index is -0.601. The number of methoxy groups -OCH3 is 1. The third-order valence-corrected chi connectivity index (χ3v) is 2.60. The van der Waals surface area contributed by atoms with Crippen LogP contribution in [0.4, 0.5) is 0 Å². The smallest absolute Gasteiger partial charge is 0.325 e. The Kier molecular flexibility index (Phi) is 7.34. The summed E-state index contributed by atoms with van der Waals surface area (Å²) in [7, 11) is 3.18. The summed E-state index contributed by atoms with van der Waals surface area (Å²) in [5.41, 5.74) is -0.601. The minimum absolute atomic E-state index is 0.223. The van der Waals surface area contributed by atoms with E-state index in [4.69, 9.17) is 9.47 Å². The Labute approximate surface area is 98.7 Å². The number of nitrogens with one attached hydrogen (secondary N) is 1. The van der Waals surface area contributed by atoms with Crippen molar-refractivity contribution in [3.8, 4) is 0 Å². The molecule has 0 saturated heterocycles. The molecule has 0 aliphatic heterocycles. The number of likely N-dealkylation sites (N-methyl/N-ethyl adjacent to an activating group) is 1. The highest BCUT2D eigenvalue weighted by atomic mass is 16.5. The number of hydrogen-bond acceptors (Lipinski definition) is 4. The van der Waals surface area contributed by atoms with E-state index in [0.717, 1.165) is 13.0 Å². The zero-order valence-electron chi connectivity index (χ0n) is 11.1. The molecular formula is C12H25NO3. The Morgan fingerprint density at radius 2 is 2.06 bits per heavy atom. The van der Waals surface area contributed by atoms with Crippen LogP contribution < -0.4 is 5.32 Å². The van der Waals surface area contributed by atoms with Crippen LogP contribution >= 0.6 is 0 Å². The maximum absolute atomic E-state index is 11.5. The van der Waals surface area contributed by atoms with Crippen LogP contribution in [0.25, 0.3) is 0 Å². The van der Waals surface area contributed by atoms with Crippen molar-refractivity contribution in [2.24, 2.45) is 5.92 Å². The minimum Gasteiger partial charge on any atom is -0.468 e. The molecule has 0 rings (SSSR count). The van der Waals surface area contributed by atoms with E-state index in [1.807, 2.05) is 6.92 Å². The number of hydrogen-bond donors (Lipinski definition) is 1. The molecule has 1 unspecified atom stereocenters. The van der Waals surface area contributed by atoms with Crippen molar-refractivity contribution in [3.05, 3.63) is 0 Å². The van der Waals surface area contributed by atoms with Crippen LogP contribution in [0.5, 0.6) is 0 Å². The van der Waals surface area contributed by atoms with Crippen molar-refractivity contribution < 1.29 is 14.3 Å². The van der Waals surface area contributed by atoms with Gasteiger partial charge >= 0.3 is 5.97 Å². The molecule has 4 nitrogen and oxygen atoms in total. The Bertz CT molecular complexity index is 206. The highest BCUT2D eigenvalue weighted by Gasteiger charge is 2.31. The molecule has 0 aromatic rings. The molecule has 0 radical (unpaired) electrons. The van der Waals surface area contributed by atoms with Gasteiger partial charge in [0, 0.05) is 13.2 Å². The summed E-state index contributed by atoms with van der Waals surface area (Å²) in [6.07, 6.45) is 1.56. The first kappa shape index (κ1) is 15.4. The molecular weight excluding hydrogens is 206 g/mol. The summed E-state index contributed by atoms with van der Waals surface area (Å²) in [5.74, 6) is 0.329. The molecule has 0 aliphatic carbocycles. The molecule has 0 fully saturated rings. The molecule has 4 heteroatoms. The van der Waals surface area contributed by atoms with Crippen LogP contribution in [-0.2, 0) is 14.3 Å². The molecule has 16 heavy (non-hydrogen) atoms. The van der Waals surface area contributed by atoms with Crippen LogP contribution in [0.1, 0.15) is 33.6 Å². The third kappa shape index (κ3) is 5.47. The second-order valence-corrected chi connectivity index (χ2v) is 4.65. The lowest BCUT2D eigenvalue weighted by Crippen LogP contribution is -2.48. The Morgan fingerprint density at radius 1 is 1.44 bits per heavy atom. The second-order valence-electron chi connectivity index (χ2n) is 4.65. The molecule has 0 bridgehead atoms. The van der Waals surface area contributed by atoms with Crippen LogP contribution in [0.3, 0.4) is 0 Å². The van der Waals surface area contributed by atoms with Crippen molar-refractivity contribution in [1.82, 2.24) is 5.32 Å². The van der Waals surface area contributed by atoms with Gasteiger partial charge in [0.1, 0.15) is 5.54 Å². The van der Waals surface area contributed by atoms with Crippen molar-refractivity contribution in [2.75, 3.05) is 27.4 Å². The quantitative estimate of drug-likeness (QED) is 0.509. The fourth-order valence-corrected chi connectivity index (χ4v) is 1.40. The number of esters is 1. The van der Waals surface area contributed by atoms with Gasteiger partial charge in [-0.2, -0.15) is 0 Å². The van der Waals surface area contributed by atoms with Gasteiger partial charge in [-0.05, 0) is 32.7 Å². The first-order valence-electron chi connectivity index (χ1n) is 5.81. The van der Waals surface area contributed by atoms with Crippen molar-refractivity contribution in [1.29, 1.82) is 0 Å². The average molecular weight is 231 g/mol. The highest BCUT2D eigenvalue weighted by molar-refractivity contribution is 5.80. The van der Waals surface area contributed by atoms with E-state index in [9.17, 15) is 4.79 Å². The van der Waals surface area contributed by atoms with Crippen LogP contribution in [0, 0.1) is 5.92 Å². The molecule has 1 N–H and O–H groups in total. The lowest BCUT2D eigenvalue weighted by molar-refractivity contribution is -0.148. The van der Waals surface area contributed by atoms with Gasteiger partial charge in [0.2, 0.25) is 0 Å². The fraction of sp³-hybridized carbons (Fsp3) is 0.917. The molecule has 0 aromatic heterocycles. The van der Waals surface area contributed by atoms with E-state index in [1.165, 1.54) is 7.11 Å². The Morgan fingerprint density at radius 3 is 2.50 bits per heavy atom. The molecule has 0 spiro atoms. The summed E-state index contributed by atoms with van der Waals surface area (Å²) in [4.78, 5) is 11.5. The van der Waals surface area contributed by atoms with E-state index in [2.05, 4.69) is 19.2 Å². The van der Waals surface area contributed by atoms with E-state index >= 15 is 0 Å². The van der Waals surface area contributed by atoms with Gasteiger partial charge in [-0.3, -0.25) is 4.79 Å². The molecule has 1 atom stereocenters. The van der Waals surface area contributed by atoms with Gasteiger partial charge in [0.15, 0.2) is 0 Å². The van der Waals surface area contributed by atoms with Gasteiger partial charge in [-0.1, -0.05) is 13.8 Å². The number of carbonyl (C=O) groups excluding carboxylic acids is 1. The topological polar surface area (TPSA) is 47.6 Å². The lowest BCUT2D eigenvalue weighted by atomic mass is 9.96. The second kappa shape index (κ2) is 7.63. The van der Waals surface area contributed by atoms with E-state index < -0.39 is 5.54 Å². The Balaban J connectivity index is 3.83. The highest BCUT2D eigenvalue weighted by Crippen LogP contribution is 2.13. The van der Waals surface area contributed by atoms with Gasteiger partial charge in [-0.25, -0.2) is 0 Å². The molecule has 0 heterocycles. The van der Waals surface area contributed by atoms with Crippen molar-refractivity contribution in [3.63, 3.8) is 0 Å². The van der Waals surface area contributed by atoms with Crippen LogP contribution in [0.2, 0.25) is 0 Å². The summed E-state index contributed by atoms with van der Waals surface area (Å²) in [6, 6.07) is 0. The maximum atomic E-state index is 11.5. The van der Waals surface area contributed by atoms with E-state index in [0.29, 0.717) is 18.9 Å². The zero-order valence-corrected chi connectivity index (χ0v) is 11.1. The van der Waals surface area contributed by atoms with E-state index in [-0.39, 0.29) is 5.97 Å². The summed E-state index contributed by atoms with van der Waals surface area (Å²) in [6.45, 7) is 7.54. The molecule has 0 amide bonds. The van der Waals surface area contributed by atoms with Crippen LogP contribution in [0.15, 0.2) is 0 Å². The van der Waals surface area contributed by atoms with Crippen molar-refractivity contribution in [2.45, 2.75) is 39.2 Å². The van der Waals surface area contributed by atoms with E-state index in [1.54, 1.807) is 7.05 Å². The molecule has 0 aromatic carbocycles. The molecule has 0 aliphatic rings.